The molecule has 3 heterocycles. The molecule has 4 rings (SSSR count). The van der Waals surface area contributed by atoms with E-state index in [0.717, 1.165) is 36.5 Å². The molecule has 1 aromatic heterocycles. The second-order valence-corrected chi connectivity index (χ2v) is 4.73. The lowest BCUT2D eigenvalue weighted by Crippen LogP contribution is -2.29. The van der Waals surface area contributed by atoms with E-state index in [1.165, 1.54) is 0 Å². The van der Waals surface area contributed by atoms with Crippen molar-refractivity contribution in [3.05, 3.63) is 42.0 Å². The van der Waals surface area contributed by atoms with Crippen LogP contribution in [-0.2, 0) is 0 Å². The van der Waals surface area contributed by atoms with Gasteiger partial charge in [0, 0.05) is 6.54 Å². The Bertz CT molecular complexity index is 633. The molecule has 90 valence electrons. The normalized spacial score (nSPS) is 21.2. The summed E-state index contributed by atoms with van der Waals surface area (Å²) >= 11 is 0. The average Bonchev–Trinajstić information content (AvgIpc) is 3.04. The SMILES string of the molecule is O=C1c2ccccc2-n2cnnc2C2CCCN12. The lowest BCUT2D eigenvalue weighted by Gasteiger charge is -2.20. The third-order valence-corrected chi connectivity index (χ3v) is 3.78. The lowest BCUT2D eigenvalue weighted by molar-refractivity contribution is 0.0736. The van der Waals surface area contributed by atoms with Crippen LogP contribution in [0.3, 0.4) is 0 Å². The van der Waals surface area contributed by atoms with E-state index in [4.69, 9.17) is 0 Å². The van der Waals surface area contributed by atoms with Gasteiger partial charge in [-0.25, -0.2) is 0 Å². The predicted molar refractivity (Wildman–Crippen MR) is 64.4 cm³/mol. The largest absolute Gasteiger partial charge is 0.328 e. The third-order valence-electron chi connectivity index (χ3n) is 3.78. The molecule has 0 N–H and O–H groups in total. The number of fused-ring (bicyclic) bond motifs is 5. The highest BCUT2D eigenvalue weighted by atomic mass is 16.2. The summed E-state index contributed by atoms with van der Waals surface area (Å²) in [6.45, 7) is 0.810. The zero-order chi connectivity index (χ0) is 12.1. The highest BCUT2D eigenvalue weighted by Crippen LogP contribution is 2.36. The van der Waals surface area contributed by atoms with Gasteiger partial charge in [0.25, 0.3) is 5.91 Å². The molecule has 1 amide bonds. The maximum atomic E-state index is 12.5. The van der Waals surface area contributed by atoms with Crippen molar-refractivity contribution in [3.63, 3.8) is 0 Å². The predicted octanol–water partition coefficient (Wildman–Crippen LogP) is 1.56. The van der Waals surface area contributed by atoms with Crippen molar-refractivity contribution in [3.8, 4) is 5.69 Å². The number of carbonyl (C=O) groups excluding carboxylic acids is 1. The number of rotatable bonds is 0. The number of para-hydroxylation sites is 1. The minimum atomic E-state index is 0.0763. The quantitative estimate of drug-likeness (QED) is 0.702. The first-order valence-electron chi connectivity index (χ1n) is 6.16. The summed E-state index contributed by atoms with van der Waals surface area (Å²) in [6.07, 6.45) is 3.70. The highest BCUT2D eigenvalue weighted by Gasteiger charge is 2.37. The maximum Gasteiger partial charge on any atom is 0.256 e. The minimum Gasteiger partial charge on any atom is -0.328 e. The molecule has 2 aromatic rings. The first-order valence-corrected chi connectivity index (χ1v) is 6.16. The van der Waals surface area contributed by atoms with E-state index in [1.54, 1.807) is 6.33 Å². The van der Waals surface area contributed by atoms with Gasteiger partial charge in [0.1, 0.15) is 6.33 Å². The van der Waals surface area contributed by atoms with Gasteiger partial charge in [-0.05, 0) is 25.0 Å². The monoisotopic (exact) mass is 240 g/mol. The Labute approximate surface area is 104 Å². The number of aromatic nitrogens is 3. The number of hydrogen-bond acceptors (Lipinski definition) is 3. The molecule has 0 aliphatic carbocycles. The van der Waals surface area contributed by atoms with E-state index in [2.05, 4.69) is 10.2 Å². The second-order valence-electron chi connectivity index (χ2n) is 4.73. The molecule has 1 unspecified atom stereocenters. The van der Waals surface area contributed by atoms with Crippen LogP contribution in [0.2, 0.25) is 0 Å². The van der Waals surface area contributed by atoms with Crippen LogP contribution in [0.1, 0.15) is 35.1 Å². The summed E-state index contributed by atoms with van der Waals surface area (Å²) in [4.78, 5) is 14.5. The molecule has 18 heavy (non-hydrogen) atoms. The Balaban J connectivity index is 2.04. The van der Waals surface area contributed by atoms with Crippen LogP contribution in [0.5, 0.6) is 0 Å². The van der Waals surface area contributed by atoms with Crippen molar-refractivity contribution in [1.29, 1.82) is 0 Å². The van der Waals surface area contributed by atoms with E-state index < -0.39 is 0 Å². The fraction of sp³-hybridized carbons (Fsp3) is 0.308. The first kappa shape index (κ1) is 9.82. The number of carbonyl (C=O) groups is 1. The van der Waals surface area contributed by atoms with E-state index in [0.29, 0.717) is 0 Å². The summed E-state index contributed by atoms with van der Waals surface area (Å²) in [5, 5.41) is 8.22. The molecule has 1 atom stereocenters. The van der Waals surface area contributed by atoms with Gasteiger partial charge in [-0.3, -0.25) is 9.36 Å². The van der Waals surface area contributed by atoms with Gasteiger partial charge in [0.05, 0.1) is 17.3 Å². The number of nitrogens with zero attached hydrogens (tertiary/aromatic N) is 4. The molecule has 0 saturated carbocycles. The van der Waals surface area contributed by atoms with Gasteiger partial charge in [-0.1, -0.05) is 12.1 Å². The van der Waals surface area contributed by atoms with E-state index in [-0.39, 0.29) is 11.9 Å². The molecule has 5 heteroatoms. The molecular weight excluding hydrogens is 228 g/mol. The van der Waals surface area contributed by atoms with Gasteiger partial charge in [0.2, 0.25) is 0 Å². The molecule has 1 fully saturated rings. The molecule has 2 aliphatic heterocycles. The number of benzene rings is 1. The number of amides is 1. The standard InChI is InChI=1S/C13H12N4O/c18-13-9-4-1-2-5-10(9)17-8-14-15-12(17)11-6-3-7-16(11)13/h1-2,4-5,8,11H,3,6-7H2. The zero-order valence-corrected chi connectivity index (χ0v) is 9.78. The Kier molecular flexibility index (Phi) is 1.86. The molecule has 0 spiro atoms. The van der Waals surface area contributed by atoms with E-state index >= 15 is 0 Å². The van der Waals surface area contributed by atoms with Gasteiger partial charge in [0.15, 0.2) is 5.82 Å². The van der Waals surface area contributed by atoms with Crippen molar-refractivity contribution >= 4 is 5.91 Å². The van der Waals surface area contributed by atoms with Crippen molar-refractivity contribution in [2.24, 2.45) is 0 Å². The van der Waals surface area contributed by atoms with Crippen LogP contribution < -0.4 is 0 Å². The third kappa shape index (κ3) is 1.13. The first-order chi connectivity index (χ1) is 8.86. The molecule has 5 nitrogen and oxygen atoms in total. The van der Waals surface area contributed by atoms with Gasteiger partial charge >= 0.3 is 0 Å². The molecule has 1 aromatic carbocycles. The van der Waals surface area contributed by atoms with Gasteiger partial charge in [-0.2, -0.15) is 0 Å². The van der Waals surface area contributed by atoms with Crippen molar-refractivity contribution in [2.75, 3.05) is 6.54 Å². The van der Waals surface area contributed by atoms with E-state index in [9.17, 15) is 4.79 Å². The molecule has 0 radical (unpaired) electrons. The lowest BCUT2D eigenvalue weighted by atomic mass is 10.1. The summed E-state index contributed by atoms with van der Waals surface area (Å²) in [6, 6.07) is 7.74. The summed E-state index contributed by atoms with van der Waals surface area (Å²) in [5.41, 5.74) is 1.62. The fourth-order valence-corrected chi connectivity index (χ4v) is 2.95. The van der Waals surface area contributed by atoms with Gasteiger partial charge < -0.3 is 4.90 Å². The second kappa shape index (κ2) is 3.41. The Morgan fingerprint density at radius 2 is 2.17 bits per heavy atom. The maximum absolute atomic E-state index is 12.5. The highest BCUT2D eigenvalue weighted by molar-refractivity contribution is 5.98. The van der Waals surface area contributed by atoms with E-state index in [1.807, 2.05) is 33.7 Å². The summed E-state index contributed by atoms with van der Waals surface area (Å²) in [7, 11) is 0. The molecule has 2 aliphatic rings. The minimum absolute atomic E-state index is 0.0763. The van der Waals surface area contributed by atoms with Crippen molar-refractivity contribution in [1.82, 2.24) is 19.7 Å². The topological polar surface area (TPSA) is 51.0 Å². The van der Waals surface area contributed by atoms with Crippen LogP contribution in [0, 0.1) is 0 Å². The smallest absolute Gasteiger partial charge is 0.256 e. The number of hydrogen-bond donors (Lipinski definition) is 0. The van der Waals surface area contributed by atoms with Crippen LogP contribution in [-0.4, -0.2) is 32.1 Å². The van der Waals surface area contributed by atoms with Crippen LogP contribution >= 0.6 is 0 Å². The van der Waals surface area contributed by atoms with Crippen LogP contribution in [0.25, 0.3) is 5.69 Å². The van der Waals surface area contributed by atoms with Crippen LogP contribution in [0.4, 0.5) is 0 Å². The Hall–Kier alpha value is -2.17. The Morgan fingerprint density at radius 3 is 3.11 bits per heavy atom. The molecule has 0 bridgehead atoms. The summed E-state index contributed by atoms with van der Waals surface area (Å²) < 4.78 is 1.95. The Morgan fingerprint density at radius 1 is 1.28 bits per heavy atom. The fourth-order valence-electron chi connectivity index (χ4n) is 2.95. The van der Waals surface area contributed by atoms with Gasteiger partial charge in [-0.15, -0.1) is 10.2 Å². The van der Waals surface area contributed by atoms with Crippen molar-refractivity contribution < 1.29 is 4.79 Å². The molecular formula is C13H12N4O. The molecule has 1 saturated heterocycles. The van der Waals surface area contributed by atoms with Crippen molar-refractivity contribution in [2.45, 2.75) is 18.9 Å². The average molecular weight is 240 g/mol. The zero-order valence-electron chi connectivity index (χ0n) is 9.78. The van der Waals surface area contributed by atoms with Crippen LogP contribution in [0.15, 0.2) is 30.6 Å². The summed E-state index contributed by atoms with van der Waals surface area (Å²) in [5.74, 6) is 0.990.